The van der Waals surface area contributed by atoms with Crippen molar-refractivity contribution >= 4 is 40.8 Å². The topological polar surface area (TPSA) is 150 Å². The maximum Gasteiger partial charge on any atom is 0.262 e. The lowest BCUT2D eigenvalue weighted by atomic mass is 9.89. The molecular weight excluding hydrogens is 660 g/mol. The Hall–Kier alpha value is -5.30. The zero-order valence-corrected chi connectivity index (χ0v) is 29.7. The fourth-order valence-electron chi connectivity index (χ4n) is 7.40. The molecule has 52 heavy (non-hydrogen) atoms. The highest BCUT2D eigenvalue weighted by atomic mass is 16.5. The summed E-state index contributed by atoms with van der Waals surface area (Å²) in [5.74, 6) is 0.965. The van der Waals surface area contributed by atoms with Gasteiger partial charge in [-0.25, -0.2) is 9.97 Å². The second-order valence-electron chi connectivity index (χ2n) is 14.3. The molecule has 0 aliphatic carbocycles. The van der Waals surface area contributed by atoms with Crippen LogP contribution in [0.1, 0.15) is 85.8 Å². The van der Waals surface area contributed by atoms with E-state index in [4.69, 9.17) is 9.72 Å². The standard InChI is InChI=1S/C39H46N8O5/c1-25(2)52-33-21-35-42-32(23-47(35)22-30(33)38(50)43-34-5-3-4-16-40-34)28-12-17-45(18-13-28)24-37(49)46-19-14-27(15-20-46)26-6-8-29(9-7-26)41-31-10-11-36(48)44-39(31)51/h3-9,16,21-23,25,27-28,31,41H,10-15,17-20,24H2,1-2H3,(H,40,43,50)(H,44,48,51). The molecule has 272 valence electrons. The number of imide groups is 1. The van der Waals surface area contributed by atoms with Crippen molar-refractivity contribution in [2.24, 2.45) is 0 Å². The highest BCUT2D eigenvalue weighted by Crippen LogP contribution is 2.32. The molecule has 4 amide bonds. The summed E-state index contributed by atoms with van der Waals surface area (Å²) in [7, 11) is 0. The van der Waals surface area contributed by atoms with Crippen molar-refractivity contribution in [2.45, 2.75) is 76.4 Å². The Morgan fingerprint density at radius 3 is 2.38 bits per heavy atom. The van der Waals surface area contributed by atoms with Crippen molar-refractivity contribution in [1.29, 1.82) is 0 Å². The molecule has 4 aromatic rings. The summed E-state index contributed by atoms with van der Waals surface area (Å²) in [4.78, 5) is 63.5. The van der Waals surface area contributed by atoms with Crippen LogP contribution in [0.2, 0.25) is 0 Å². The minimum absolute atomic E-state index is 0.119. The molecule has 0 radical (unpaired) electrons. The monoisotopic (exact) mass is 706 g/mol. The number of ether oxygens (including phenoxy) is 1. The third kappa shape index (κ3) is 8.25. The zero-order chi connectivity index (χ0) is 36.2. The average Bonchev–Trinajstić information content (AvgIpc) is 3.56. The summed E-state index contributed by atoms with van der Waals surface area (Å²) in [5, 5.41) is 8.48. The van der Waals surface area contributed by atoms with Gasteiger partial charge in [-0.3, -0.25) is 29.4 Å². The van der Waals surface area contributed by atoms with Crippen LogP contribution in [0.15, 0.2) is 67.1 Å². The summed E-state index contributed by atoms with van der Waals surface area (Å²) in [5.41, 5.74) is 4.20. The van der Waals surface area contributed by atoms with Crippen molar-refractivity contribution in [3.05, 3.63) is 83.9 Å². The van der Waals surface area contributed by atoms with Gasteiger partial charge in [-0.05, 0) is 94.8 Å². The number of likely N-dealkylation sites (tertiary alicyclic amines) is 2. The van der Waals surface area contributed by atoms with Crippen molar-refractivity contribution in [3.63, 3.8) is 0 Å². The molecule has 13 nitrogen and oxygen atoms in total. The molecule has 0 bridgehead atoms. The molecule has 3 aliphatic heterocycles. The number of anilines is 2. The average molecular weight is 707 g/mol. The predicted octanol–water partition coefficient (Wildman–Crippen LogP) is 4.57. The largest absolute Gasteiger partial charge is 0.490 e. The van der Waals surface area contributed by atoms with E-state index in [9.17, 15) is 19.2 Å². The number of nitrogens with zero attached hydrogens (tertiary/aromatic N) is 5. The molecule has 0 spiro atoms. The van der Waals surface area contributed by atoms with Crippen LogP contribution in [-0.4, -0.2) is 92.7 Å². The van der Waals surface area contributed by atoms with Gasteiger partial charge in [-0.1, -0.05) is 18.2 Å². The molecule has 3 fully saturated rings. The second-order valence-corrected chi connectivity index (χ2v) is 14.3. The van der Waals surface area contributed by atoms with Gasteiger partial charge in [0.05, 0.1) is 23.9 Å². The summed E-state index contributed by atoms with van der Waals surface area (Å²) in [6.45, 7) is 7.39. The molecular formula is C39H46N8O5. The van der Waals surface area contributed by atoms with Crippen molar-refractivity contribution in [3.8, 4) is 5.75 Å². The summed E-state index contributed by atoms with van der Waals surface area (Å²) in [6.07, 6.45) is 9.75. The van der Waals surface area contributed by atoms with E-state index in [1.165, 1.54) is 5.56 Å². The summed E-state index contributed by atoms with van der Waals surface area (Å²) >= 11 is 0. The summed E-state index contributed by atoms with van der Waals surface area (Å²) in [6, 6.07) is 15.0. The van der Waals surface area contributed by atoms with Crippen LogP contribution in [0.4, 0.5) is 11.5 Å². The Morgan fingerprint density at radius 1 is 0.942 bits per heavy atom. The first-order valence-electron chi connectivity index (χ1n) is 18.3. The van der Waals surface area contributed by atoms with Crippen LogP contribution in [-0.2, 0) is 14.4 Å². The Bertz CT molecular complexity index is 1910. The number of piperidine rings is 3. The normalized spacial score (nSPS) is 19.1. The van der Waals surface area contributed by atoms with Gasteiger partial charge in [0, 0.05) is 55.8 Å². The lowest BCUT2D eigenvalue weighted by Crippen LogP contribution is -2.47. The maximum absolute atomic E-state index is 13.3. The first-order valence-corrected chi connectivity index (χ1v) is 18.3. The van der Waals surface area contributed by atoms with E-state index in [0.717, 1.165) is 68.9 Å². The van der Waals surface area contributed by atoms with Crippen LogP contribution < -0.4 is 20.7 Å². The quantitative estimate of drug-likeness (QED) is 0.202. The Kier molecular flexibility index (Phi) is 10.5. The van der Waals surface area contributed by atoms with Crippen molar-refractivity contribution < 1.29 is 23.9 Å². The third-order valence-corrected chi connectivity index (χ3v) is 10.3. The lowest BCUT2D eigenvalue weighted by molar-refractivity contribution is -0.134. The number of fused-ring (bicyclic) bond motifs is 1. The fraction of sp³-hybridized carbons (Fsp3) is 0.436. The summed E-state index contributed by atoms with van der Waals surface area (Å²) < 4.78 is 7.92. The highest BCUT2D eigenvalue weighted by molar-refractivity contribution is 6.06. The van der Waals surface area contributed by atoms with Gasteiger partial charge in [0.15, 0.2) is 0 Å². The number of benzene rings is 1. The van der Waals surface area contributed by atoms with Crippen LogP contribution in [0.3, 0.4) is 0 Å². The highest BCUT2D eigenvalue weighted by Gasteiger charge is 2.29. The van der Waals surface area contributed by atoms with Gasteiger partial charge < -0.3 is 24.7 Å². The van der Waals surface area contributed by atoms with Crippen LogP contribution in [0, 0.1) is 0 Å². The molecule has 3 aromatic heterocycles. The van der Waals surface area contributed by atoms with Gasteiger partial charge in [-0.2, -0.15) is 0 Å². The number of rotatable bonds is 10. The molecule has 3 aliphatic rings. The second kappa shape index (κ2) is 15.5. The molecule has 1 aromatic carbocycles. The van der Waals surface area contributed by atoms with E-state index in [-0.39, 0.29) is 35.7 Å². The zero-order valence-electron chi connectivity index (χ0n) is 29.7. The molecule has 1 atom stereocenters. The number of aromatic nitrogens is 3. The lowest BCUT2D eigenvalue weighted by Gasteiger charge is -2.35. The molecule has 7 rings (SSSR count). The third-order valence-electron chi connectivity index (χ3n) is 10.3. The van der Waals surface area contributed by atoms with E-state index in [2.05, 4.69) is 38.0 Å². The number of hydrogen-bond acceptors (Lipinski definition) is 9. The van der Waals surface area contributed by atoms with Crippen LogP contribution in [0.5, 0.6) is 5.75 Å². The minimum Gasteiger partial charge on any atom is -0.490 e. The molecule has 0 saturated carbocycles. The smallest absolute Gasteiger partial charge is 0.262 e. The van der Waals surface area contributed by atoms with E-state index < -0.39 is 6.04 Å². The van der Waals surface area contributed by atoms with E-state index in [0.29, 0.717) is 42.4 Å². The Labute approximate surface area is 303 Å². The van der Waals surface area contributed by atoms with Gasteiger partial charge in [-0.15, -0.1) is 0 Å². The molecule has 3 saturated heterocycles. The SMILES string of the molecule is CC(C)Oc1cc2nc(C3CCN(CC(=O)N4CCC(c5ccc(NC6CCC(=O)NC6=O)cc5)CC4)CC3)cn2cc1C(=O)Nc1ccccn1. The molecule has 6 heterocycles. The number of imidazole rings is 1. The fourth-order valence-corrected chi connectivity index (χ4v) is 7.40. The Morgan fingerprint density at radius 2 is 1.69 bits per heavy atom. The molecule has 1 unspecified atom stereocenters. The first kappa shape index (κ1) is 35.1. The van der Waals surface area contributed by atoms with E-state index in [1.54, 1.807) is 24.5 Å². The van der Waals surface area contributed by atoms with Gasteiger partial charge in [0.1, 0.15) is 23.3 Å². The number of carbonyl (C=O) groups excluding carboxylic acids is 4. The predicted molar refractivity (Wildman–Crippen MR) is 196 cm³/mol. The number of amides is 4. The number of nitrogens with one attached hydrogen (secondary N) is 3. The van der Waals surface area contributed by atoms with E-state index >= 15 is 0 Å². The van der Waals surface area contributed by atoms with E-state index in [1.807, 2.05) is 53.6 Å². The van der Waals surface area contributed by atoms with Gasteiger partial charge >= 0.3 is 0 Å². The van der Waals surface area contributed by atoms with Crippen LogP contribution >= 0.6 is 0 Å². The Balaban J connectivity index is 0.894. The number of carbonyl (C=O) groups is 4. The van der Waals surface area contributed by atoms with Gasteiger partial charge in [0.25, 0.3) is 5.91 Å². The van der Waals surface area contributed by atoms with Gasteiger partial charge in [0.2, 0.25) is 17.7 Å². The van der Waals surface area contributed by atoms with Crippen LogP contribution in [0.25, 0.3) is 5.65 Å². The minimum atomic E-state index is -0.402. The molecule has 13 heteroatoms. The van der Waals surface area contributed by atoms with Crippen molar-refractivity contribution in [2.75, 3.05) is 43.4 Å². The maximum atomic E-state index is 13.3. The van der Waals surface area contributed by atoms with Crippen molar-refractivity contribution in [1.82, 2.24) is 29.5 Å². The number of pyridine rings is 2. The first-order chi connectivity index (χ1) is 25.2. The number of hydrogen-bond donors (Lipinski definition) is 3. The molecule has 3 N–H and O–H groups in total.